The number of nitrogens with one attached hydrogen (secondary N) is 1. The number of ether oxygens (including phenoxy) is 1. The molecule has 0 aromatic heterocycles. The van der Waals surface area contributed by atoms with Gasteiger partial charge in [0.2, 0.25) is 0 Å². The second kappa shape index (κ2) is 5.58. The van der Waals surface area contributed by atoms with Gasteiger partial charge in [0.15, 0.2) is 0 Å². The van der Waals surface area contributed by atoms with Crippen molar-refractivity contribution in [3.8, 4) is 0 Å². The molecule has 5 nitrogen and oxygen atoms in total. The van der Waals surface area contributed by atoms with Gasteiger partial charge in [-0.05, 0) is 51.6 Å². The highest BCUT2D eigenvalue weighted by Gasteiger charge is 2.30. The summed E-state index contributed by atoms with van der Waals surface area (Å²) >= 11 is 5.29. The average Bonchev–Trinajstić information content (AvgIpc) is 2.14. The van der Waals surface area contributed by atoms with E-state index in [2.05, 4.69) is 5.32 Å². The Balaban J connectivity index is 2.64. The Labute approximate surface area is 106 Å². The highest BCUT2D eigenvalue weighted by molar-refractivity contribution is 6.62. The standard InChI is InChI=1S/C11H19ClN2O3/c1-11(2,3)17-10(16)14-7-5-4-6-8(14)13-9(12)15/h8H,4-7H2,1-3H3,(H,13,15). The zero-order valence-corrected chi connectivity index (χ0v) is 11.2. The molecule has 1 rings (SSSR count). The Morgan fingerprint density at radius 3 is 2.53 bits per heavy atom. The monoisotopic (exact) mass is 262 g/mol. The molecular weight excluding hydrogens is 244 g/mol. The first-order valence-electron chi connectivity index (χ1n) is 5.75. The molecule has 17 heavy (non-hydrogen) atoms. The third-order valence-electron chi connectivity index (χ3n) is 2.41. The fourth-order valence-corrected chi connectivity index (χ4v) is 1.88. The maximum Gasteiger partial charge on any atom is 0.411 e. The van der Waals surface area contributed by atoms with Crippen LogP contribution in [0, 0.1) is 0 Å². The van der Waals surface area contributed by atoms with E-state index in [-0.39, 0.29) is 6.17 Å². The minimum Gasteiger partial charge on any atom is -0.444 e. The lowest BCUT2D eigenvalue weighted by atomic mass is 10.1. The summed E-state index contributed by atoms with van der Waals surface area (Å²) in [5.41, 5.74) is -0.538. The summed E-state index contributed by atoms with van der Waals surface area (Å²) < 4.78 is 5.28. The minimum atomic E-state index is -0.648. The Morgan fingerprint density at radius 1 is 1.35 bits per heavy atom. The molecule has 6 heteroatoms. The van der Waals surface area contributed by atoms with E-state index < -0.39 is 17.1 Å². The Bertz CT molecular complexity index is 302. The molecule has 0 radical (unpaired) electrons. The van der Waals surface area contributed by atoms with Crippen LogP contribution in [0.25, 0.3) is 0 Å². The third kappa shape index (κ3) is 4.81. The van der Waals surface area contributed by atoms with Gasteiger partial charge in [0.05, 0.1) is 0 Å². The van der Waals surface area contributed by atoms with Crippen molar-refractivity contribution in [2.45, 2.75) is 51.8 Å². The van der Waals surface area contributed by atoms with E-state index in [0.29, 0.717) is 13.0 Å². The van der Waals surface area contributed by atoms with Crippen molar-refractivity contribution in [2.75, 3.05) is 6.54 Å². The highest BCUT2D eigenvalue weighted by Crippen LogP contribution is 2.19. The van der Waals surface area contributed by atoms with Crippen LogP contribution in [0.5, 0.6) is 0 Å². The number of nitrogens with zero attached hydrogens (tertiary/aromatic N) is 1. The predicted octanol–water partition coefficient (Wildman–Crippen LogP) is 2.68. The molecule has 1 unspecified atom stereocenters. The molecule has 0 saturated carbocycles. The number of hydrogen-bond donors (Lipinski definition) is 1. The molecule has 0 aliphatic carbocycles. The van der Waals surface area contributed by atoms with Gasteiger partial charge in [-0.2, -0.15) is 0 Å². The molecule has 98 valence electrons. The smallest absolute Gasteiger partial charge is 0.411 e. The molecule has 1 aliphatic rings. The number of carbonyl (C=O) groups excluding carboxylic acids is 2. The maximum atomic E-state index is 11.9. The van der Waals surface area contributed by atoms with Gasteiger partial charge in [-0.15, -0.1) is 0 Å². The molecular formula is C11H19ClN2O3. The lowest BCUT2D eigenvalue weighted by molar-refractivity contribution is 0.00757. The van der Waals surface area contributed by atoms with Gasteiger partial charge in [-0.1, -0.05) is 0 Å². The van der Waals surface area contributed by atoms with E-state index in [1.54, 1.807) is 0 Å². The summed E-state index contributed by atoms with van der Waals surface area (Å²) in [5.74, 6) is 0. The molecule has 1 saturated heterocycles. The molecule has 1 fully saturated rings. The predicted molar refractivity (Wildman–Crippen MR) is 65.0 cm³/mol. The number of halogens is 1. The summed E-state index contributed by atoms with van der Waals surface area (Å²) in [6, 6.07) is 0. The number of amides is 2. The number of rotatable bonds is 1. The molecule has 0 aromatic carbocycles. The lowest BCUT2D eigenvalue weighted by Gasteiger charge is -2.36. The van der Waals surface area contributed by atoms with Gasteiger partial charge in [0, 0.05) is 6.54 Å². The van der Waals surface area contributed by atoms with Crippen LogP contribution < -0.4 is 5.32 Å². The zero-order chi connectivity index (χ0) is 13.1. The Kier molecular flexibility index (Phi) is 4.62. The van der Waals surface area contributed by atoms with Gasteiger partial charge >= 0.3 is 11.5 Å². The zero-order valence-electron chi connectivity index (χ0n) is 10.5. The van der Waals surface area contributed by atoms with Gasteiger partial charge in [-0.3, -0.25) is 9.69 Å². The van der Waals surface area contributed by atoms with E-state index in [0.717, 1.165) is 12.8 Å². The molecule has 1 atom stereocenters. The van der Waals surface area contributed by atoms with Crippen LogP contribution in [-0.2, 0) is 4.74 Å². The molecule has 2 amide bonds. The van der Waals surface area contributed by atoms with Crippen LogP contribution in [0.2, 0.25) is 0 Å². The average molecular weight is 263 g/mol. The van der Waals surface area contributed by atoms with E-state index in [4.69, 9.17) is 16.3 Å². The van der Waals surface area contributed by atoms with Crippen molar-refractivity contribution in [2.24, 2.45) is 0 Å². The first-order valence-corrected chi connectivity index (χ1v) is 6.13. The minimum absolute atomic E-state index is 0.358. The van der Waals surface area contributed by atoms with Crippen molar-refractivity contribution >= 4 is 23.1 Å². The summed E-state index contributed by atoms with van der Waals surface area (Å²) in [5, 5.41) is 1.90. The quantitative estimate of drug-likeness (QED) is 0.584. The van der Waals surface area contributed by atoms with Crippen molar-refractivity contribution in [1.82, 2.24) is 10.2 Å². The number of likely N-dealkylation sites (tertiary alicyclic amines) is 1. The van der Waals surface area contributed by atoms with Crippen LogP contribution >= 0.6 is 11.6 Å². The van der Waals surface area contributed by atoms with Gasteiger partial charge in [0.1, 0.15) is 11.8 Å². The van der Waals surface area contributed by atoms with Crippen LogP contribution in [0.4, 0.5) is 9.59 Å². The van der Waals surface area contributed by atoms with Gasteiger partial charge < -0.3 is 10.1 Å². The van der Waals surface area contributed by atoms with E-state index in [1.165, 1.54) is 4.90 Å². The molecule has 1 heterocycles. The van der Waals surface area contributed by atoms with E-state index >= 15 is 0 Å². The van der Waals surface area contributed by atoms with Crippen molar-refractivity contribution < 1.29 is 14.3 Å². The lowest BCUT2D eigenvalue weighted by Crippen LogP contribution is -2.53. The molecule has 1 N–H and O–H groups in total. The highest BCUT2D eigenvalue weighted by atomic mass is 35.5. The summed E-state index contributed by atoms with van der Waals surface area (Å²) in [6.45, 7) is 6.01. The largest absolute Gasteiger partial charge is 0.444 e. The second-order valence-corrected chi connectivity index (χ2v) is 5.45. The normalized spacial score (nSPS) is 20.9. The van der Waals surface area contributed by atoms with Crippen molar-refractivity contribution in [3.05, 3.63) is 0 Å². The topological polar surface area (TPSA) is 58.6 Å². The van der Waals surface area contributed by atoms with Gasteiger partial charge in [0.25, 0.3) is 0 Å². The summed E-state index contributed by atoms with van der Waals surface area (Å²) in [6.07, 6.45) is 1.81. The van der Waals surface area contributed by atoms with Crippen LogP contribution in [0.15, 0.2) is 0 Å². The molecule has 0 bridgehead atoms. The number of hydrogen-bond acceptors (Lipinski definition) is 3. The first kappa shape index (κ1) is 14.1. The van der Waals surface area contributed by atoms with Crippen LogP contribution in [0.1, 0.15) is 40.0 Å². The molecule has 0 spiro atoms. The Morgan fingerprint density at radius 2 is 2.00 bits per heavy atom. The second-order valence-electron chi connectivity index (χ2n) is 5.10. The SMILES string of the molecule is CC(C)(C)OC(=O)N1CCCCC1NC(=O)Cl. The van der Waals surface area contributed by atoms with E-state index in [1.807, 2.05) is 20.8 Å². The third-order valence-corrected chi connectivity index (χ3v) is 2.52. The number of carbonyl (C=O) groups is 2. The Hall–Kier alpha value is -0.970. The fourth-order valence-electron chi connectivity index (χ4n) is 1.75. The van der Waals surface area contributed by atoms with Crippen LogP contribution in [-0.4, -0.2) is 34.7 Å². The fraction of sp³-hybridized carbons (Fsp3) is 0.818. The summed E-state index contributed by atoms with van der Waals surface area (Å²) in [7, 11) is 0. The van der Waals surface area contributed by atoms with E-state index in [9.17, 15) is 9.59 Å². The van der Waals surface area contributed by atoms with Crippen molar-refractivity contribution in [1.29, 1.82) is 0 Å². The number of piperidine rings is 1. The summed E-state index contributed by atoms with van der Waals surface area (Å²) in [4.78, 5) is 24.3. The van der Waals surface area contributed by atoms with Crippen LogP contribution in [0.3, 0.4) is 0 Å². The maximum absolute atomic E-state index is 11.9. The molecule has 0 aromatic rings. The molecule has 1 aliphatic heterocycles. The first-order chi connectivity index (χ1) is 7.79. The van der Waals surface area contributed by atoms with Crippen molar-refractivity contribution in [3.63, 3.8) is 0 Å². The van der Waals surface area contributed by atoms with Gasteiger partial charge in [-0.25, -0.2) is 4.79 Å².